The molecule has 0 unspecified atom stereocenters. The topological polar surface area (TPSA) is 123 Å². The number of aromatic hydroxyl groups is 1. The van der Waals surface area contributed by atoms with Crippen LogP contribution in [0.1, 0.15) is 6.42 Å². The molecule has 1 aromatic carbocycles. The monoisotopic (exact) mass is 428 g/mol. The molecule has 3 rings (SSSR count). The number of nitrogens with zero attached hydrogens (tertiary/aromatic N) is 3. The van der Waals surface area contributed by atoms with Crippen LogP contribution in [-0.2, 0) is 17.1 Å². The third-order valence-electron chi connectivity index (χ3n) is 3.96. The number of allylic oxidation sites excluding steroid dienone is 1. The van der Waals surface area contributed by atoms with Crippen molar-refractivity contribution in [3.63, 3.8) is 0 Å². The number of nitrogens with one attached hydrogen (secondary N) is 1. The first-order valence-corrected chi connectivity index (χ1v) is 10.6. The van der Waals surface area contributed by atoms with Gasteiger partial charge in [-0.05, 0) is 24.6 Å². The molecule has 3 aromatic rings. The maximum Gasteiger partial charge on any atom is 0.324 e. The lowest BCUT2D eigenvalue weighted by atomic mass is 10.2. The number of pyridine rings is 1. The van der Waals surface area contributed by atoms with Gasteiger partial charge in [-0.2, -0.15) is 9.97 Å². The number of benzene rings is 1. The quantitative estimate of drug-likeness (QED) is 0.529. The molecule has 0 atom stereocenters. The largest absolute Gasteiger partial charge is 0.508 e. The number of hydrogen-bond donors (Lipinski definition) is 2. The van der Waals surface area contributed by atoms with Gasteiger partial charge in [0.2, 0.25) is 15.6 Å². The number of aryl methyl sites for hydroxylation is 1. The summed E-state index contributed by atoms with van der Waals surface area (Å²) in [5, 5.41) is 9.62. The van der Waals surface area contributed by atoms with E-state index in [1.165, 1.54) is 34.9 Å². The fraction of sp³-hybridized carbons (Fsp3) is 0.150. The van der Waals surface area contributed by atoms with Crippen molar-refractivity contribution in [2.75, 3.05) is 10.5 Å². The van der Waals surface area contributed by atoms with Gasteiger partial charge < -0.3 is 14.4 Å². The third-order valence-corrected chi connectivity index (χ3v) is 5.26. The van der Waals surface area contributed by atoms with E-state index in [-0.39, 0.29) is 41.1 Å². The summed E-state index contributed by atoms with van der Waals surface area (Å²) >= 11 is 0. The van der Waals surface area contributed by atoms with Gasteiger partial charge in [0.15, 0.2) is 0 Å². The molecule has 0 spiro atoms. The van der Waals surface area contributed by atoms with Crippen LogP contribution >= 0.6 is 0 Å². The number of hydrogen-bond acceptors (Lipinski definition) is 7. The lowest BCUT2D eigenvalue weighted by Crippen LogP contribution is -2.17. The number of sulfonamides is 1. The highest BCUT2D eigenvalue weighted by molar-refractivity contribution is 7.92. The number of anilines is 1. The van der Waals surface area contributed by atoms with E-state index < -0.39 is 10.0 Å². The molecule has 0 aliphatic heterocycles. The van der Waals surface area contributed by atoms with Crippen LogP contribution in [0.15, 0.2) is 66.1 Å². The van der Waals surface area contributed by atoms with Gasteiger partial charge in [0.1, 0.15) is 17.3 Å². The second kappa shape index (κ2) is 8.78. The lowest BCUT2D eigenvalue weighted by Gasteiger charge is -2.11. The van der Waals surface area contributed by atoms with Crippen LogP contribution in [0, 0.1) is 0 Å². The summed E-state index contributed by atoms with van der Waals surface area (Å²) in [6.45, 7) is 3.52. The molecule has 2 aromatic heterocycles. The predicted octanol–water partition coefficient (Wildman–Crippen LogP) is 2.66. The Morgan fingerprint density at radius 1 is 1.23 bits per heavy atom. The average molecular weight is 428 g/mol. The van der Waals surface area contributed by atoms with Crippen LogP contribution in [0.3, 0.4) is 0 Å². The molecule has 0 saturated carbocycles. The molecular formula is C20H20N4O5S. The zero-order valence-electron chi connectivity index (χ0n) is 16.1. The highest BCUT2D eigenvalue weighted by atomic mass is 32.2. The summed E-state index contributed by atoms with van der Waals surface area (Å²) in [5.74, 6) is 0.117. The van der Waals surface area contributed by atoms with Gasteiger partial charge in [0.25, 0.3) is 0 Å². The molecule has 0 aliphatic rings. The van der Waals surface area contributed by atoms with Crippen LogP contribution in [0.5, 0.6) is 17.5 Å². The van der Waals surface area contributed by atoms with Gasteiger partial charge in [-0.3, -0.25) is 9.52 Å². The minimum Gasteiger partial charge on any atom is -0.508 e. The number of aromatic nitrogens is 3. The smallest absolute Gasteiger partial charge is 0.324 e. The van der Waals surface area contributed by atoms with Gasteiger partial charge in [-0.15, -0.1) is 6.58 Å². The van der Waals surface area contributed by atoms with Crippen molar-refractivity contribution in [2.45, 2.75) is 6.42 Å². The van der Waals surface area contributed by atoms with Crippen molar-refractivity contribution in [3.05, 3.63) is 71.7 Å². The molecule has 0 saturated heterocycles. The predicted molar refractivity (Wildman–Crippen MR) is 113 cm³/mol. The Hall–Kier alpha value is -3.66. The molecule has 2 N–H and O–H groups in total. The third kappa shape index (κ3) is 5.45. The van der Waals surface area contributed by atoms with Crippen molar-refractivity contribution in [1.82, 2.24) is 14.5 Å². The Kier molecular flexibility index (Phi) is 6.17. The zero-order chi connectivity index (χ0) is 21.7. The Morgan fingerprint density at radius 3 is 2.73 bits per heavy atom. The van der Waals surface area contributed by atoms with Crippen molar-refractivity contribution in [1.29, 1.82) is 0 Å². The first kappa shape index (κ1) is 21.1. The maximum absolute atomic E-state index is 12.3. The van der Waals surface area contributed by atoms with Crippen LogP contribution in [0.2, 0.25) is 0 Å². The molecule has 0 radical (unpaired) electrons. The van der Waals surface area contributed by atoms with E-state index in [0.717, 1.165) is 0 Å². The molecule has 156 valence electrons. The van der Waals surface area contributed by atoms with Gasteiger partial charge in [0.05, 0.1) is 11.4 Å². The Balaban J connectivity index is 2.03. The van der Waals surface area contributed by atoms with Crippen LogP contribution in [0.25, 0.3) is 11.3 Å². The summed E-state index contributed by atoms with van der Waals surface area (Å²) in [6.07, 6.45) is 3.35. The van der Waals surface area contributed by atoms with E-state index in [0.29, 0.717) is 11.3 Å². The molecule has 2 heterocycles. The molecule has 0 aliphatic carbocycles. The van der Waals surface area contributed by atoms with Crippen molar-refractivity contribution >= 4 is 15.8 Å². The van der Waals surface area contributed by atoms with Gasteiger partial charge in [0, 0.05) is 37.0 Å². The zero-order valence-corrected chi connectivity index (χ0v) is 17.0. The minimum absolute atomic E-state index is 0.00735. The lowest BCUT2D eigenvalue weighted by molar-refractivity contribution is 0.432. The fourth-order valence-corrected chi connectivity index (χ4v) is 3.52. The molecule has 30 heavy (non-hydrogen) atoms. The SMILES string of the molecule is C=CCCS(=O)(=O)Nc1cc(-c2ccc(=O)n(C)c2)nc(Oc2cccc(O)c2)n1. The number of phenols is 1. The van der Waals surface area contributed by atoms with Gasteiger partial charge >= 0.3 is 6.01 Å². The normalized spacial score (nSPS) is 11.1. The van der Waals surface area contributed by atoms with Crippen LogP contribution < -0.4 is 15.0 Å². The Labute approximate surface area is 173 Å². The van der Waals surface area contributed by atoms with E-state index in [1.54, 1.807) is 31.4 Å². The molecule has 10 heteroatoms. The molecule has 0 amide bonds. The van der Waals surface area contributed by atoms with Gasteiger partial charge in [-0.1, -0.05) is 12.1 Å². The van der Waals surface area contributed by atoms with E-state index in [1.807, 2.05) is 0 Å². The number of rotatable bonds is 8. The van der Waals surface area contributed by atoms with Crippen LogP contribution in [-0.4, -0.2) is 33.8 Å². The summed E-state index contributed by atoms with van der Waals surface area (Å²) in [6, 6.07) is 10.3. The highest BCUT2D eigenvalue weighted by Crippen LogP contribution is 2.27. The Bertz CT molecular complexity index is 1240. The standard InChI is InChI=1S/C20H20N4O5S/c1-3-4-10-30(27,28)23-18-12-17(14-8-9-19(26)24(2)13-14)21-20(22-18)29-16-7-5-6-15(25)11-16/h3,5-9,11-13,25H,1,4,10H2,2H3,(H,21,22,23). The first-order chi connectivity index (χ1) is 14.3. The second-order valence-electron chi connectivity index (χ2n) is 6.39. The first-order valence-electron chi connectivity index (χ1n) is 8.90. The number of phenolic OH excluding ortho intramolecular Hbond substituents is 1. The van der Waals surface area contributed by atoms with Crippen LogP contribution in [0.4, 0.5) is 5.82 Å². The number of ether oxygens (including phenoxy) is 1. The molecular weight excluding hydrogens is 408 g/mol. The second-order valence-corrected chi connectivity index (χ2v) is 8.23. The minimum atomic E-state index is -3.67. The average Bonchev–Trinajstić information content (AvgIpc) is 2.68. The van der Waals surface area contributed by atoms with Crippen molar-refractivity contribution in [3.8, 4) is 28.8 Å². The molecule has 0 fully saturated rings. The van der Waals surface area contributed by atoms with Crippen molar-refractivity contribution in [2.24, 2.45) is 7.05 Å². The van der Waals surface area contributed by atoms with E-state index in [4.69, 9.17) is 4.74 Å². The maximum atomic E-state index is 12.3. The summed E-state index contributed by atoms with van der Waals surface area (Å²) in [7, 11) is -2.08. The summed E-state index contributed by atoms with van der Waals surface area (Å²) in [4.78, 5) is 20.1. The van der Waals surface area contributed by atoms with Gasteiger partial charge in [-0.25, -0.2) is 8.42 Å². The van der Waals surface area contributed by atoms with E-state index >= 15 is 0 Å². The van der Waals surface area contributed by atoms with Crippen molar-refractivity contribution < 1.29 is 18.3 Å². The Morgan fingerprint density at radius 2 is 2.03 bits per heavy atom. The van der Waals surface area contributed by atoms with E-state index in [2.05, 4.69) is 21.3 Å². The summed E-state index contributed by atoms with van der Waals surface area (Å²) in [5.41, 5.74) is 0.707. The highest BCUT2D eigenvalue weighted by Gasteiger charge is 2.15. The molecule has 0 bridgehead atoms. The van der Waals surface area contributed by atoms with E-state index in [9.17, 15) is 18.3 Å². The summed E-state index contributed by atoms with van der Waals surface area (Å²) < 4.78 is 34.0. The molecule has 9 nitrogen and oxygen atoms in total. The fourth-order valence-electron chi connectivity index (χ4n) is 2.52.